The maximum absolute atomic E-state index is 9.60. The summed E-state index contributed by atoms with van der Waals surface area (Å²) < 4.78 is 9.10. The molecule has 2 unspecified atom stereocenters. The molecule has 27 heavy (non-hydrogen) atoms. The fraction of sp³-hybridized carbons (Fsp3) is 0.895. The van der Waals surface area contributed by atoms with E-state index in [1.807, 2.05) is 62.3 Å². The van der Waals surface area contributed by atoms with Crippen LogP contribution in [-0.2, 0) is 19.1 Å². The van der Waals surface area contributed by atoms with Crippen molar-refractivity contribution in [1.29, 1.82) is 0 Å². The number of carbonyl (C=O) groups is 2. The van der Waals surface area contributed by atoms with Crippen LogP contribution in [0.4, 0.5) is 0 Å². The molecule has 0 saturated carbocycles. The molecule has 0 aliphatic heterocycles. The highest BCUT2D eigenvalue weighted by Gasteiger charge is 2.08. The lowest BCUT2D eigenvalue weighted by Gasteiger charge is -2.22. The highest BCUT2D eigenvalue weighted by molar-refractivity contribution is 5.38. The van der Waals surface area contributed by atoms with E-state index in [4.69, 9.17) is 10.2 Å². The first kappa shape index (κ1) is 33.4. The zero-order valence-corrected chi connectivity index (χ0v) is 18.9. The molecule has 0 aliphatic carbocycles. The SMILES string of the molecule is CC(C)(C)OC=O.CC(C)(C)OC=O.CC[N-]C(C)CO.CC[N-]C(C)O. The Morgan fingerprint density at radius 3 is 1.22 bits per heavy atom. The van der Waals surface area contributed by atoms with Gasteiger partial charge in [0.2, 0.25) is 0 Å². The third-order valence-electron chi connectivity index (χ3n) is 2.01. The summed E-state index contributed by atoms with van der Waals surface area (Å²) >= 11 is 0. The number of aliphatic hydroxyl groups is 2. The van der Waals surface area contributed by atoms with E-state index < -0.39 is 6.23 Å². The van der Waals surface area contributed by atoms with E-state index in [1.54, 1.807) is 6.92 Å². The Hall–Kier alpha value is -1.22. The molecule has 0 spiro atoms. The van der Waals surface area contributed by atoms with Gasteiger partial charge in [-0.15, -0.1) is 6.04 Å². The van der Waals surface area contributed by atoms with Crippen molar-refractivity contribution >= 4 is 12.9 Å². The predicted octanol–water partition coefficient (Wildman–Crippen LogP) is 3.39. The van der Waals surface area contributed by atoms with Crippen LogP contribution in [0.15, 0.2) is 0 Å². The number of likely N-dealkylation sites (N-methyl/N-ethyl adjacent to an activating group) is 1. The molecule has 0 rings (SSSR count). The second-order valence-corrected chi connectivity index (χ2v) is 7.31. The number of rotatable bonds is 7. The summed E-state index contributed by atoms with van der Waals surface area (Å²) in [6.07, 6.45) is -0.477. The lowest BCUT2D eigenvalue weighted by molar-refractivity contribution is -0.139. The van der Waals surface area contributed by atoms with Crippen LogP contribution >= 0.6 is 0 Å². The number of aliphatic hydroxyl groups excluding tert-OH is 2. The third-order valence-corrected chi connectivity index (χ3v) is 2.01. The van der Waals surface area contributed by atoms with E-state index >= 15 is 0 Å². The number of hydrogen-bond acceptors (Lipinski definition) is 6. The Morgan fingerprint density at radius 2 is 1.19 bits per heavy atom. The summed E-state index contributed by atoms with van der Waals surface area (Å²) in [6, 6.07) is 0.130. The average Bonchev–Trinajstić information content (AvgIpc) is 2.46. The molecule has 0 aromatic heterocycles. The molecule has 0 bridgehead atoms. The molecule has 0 fully saturated rings. The van der Waals surface area contributed by atoms with Crippen LogP contribution in [0.2, 0.25) is 0 Å². The van der Waals surface area contributed by atoms with Crippen molar-refractivity contribution in [2.45, 2.75) is 92.7 Å². The van der Waals surface area contributed by atoms with Crippen LogP contribution in [0.3, 0.4) is 0 Å². The molecule has 0 aromatic carbocycles. The Balaban J connectivity index is -0.000000131. The van der Waals surface area contributed by atoms with Crippen molar-refractivity contribution < 1.29 is 29.3 Å². The lowest BCUT2D eigenvalue weighted by atomic mass is 10.2. The molecule has 2 atom stereocenters. The zero-order chi connectivity index (χ0) is 22.5. The quantitative estimate of drug-likeness (QED) is 0.638. The van der Waals surface area contributed by atoms with Crippen LogP contribution < -0.4 is 0 Å². The monoisotopic (exact) mass is 394 g/mol. The van der Waals surface area contributed by atoms with Gasteiger partial charge >= 0.3 is 0 Å². The first-order valence-electron chi connectivity index (χ1n) is 9.05. The summed E-state index contributed by atoms with van der Waals surface area (Å²) in [5.41, 5.74) is -0.635. The first-order valence-corrected chi connectivity index (χ1v) is 9.05. The van der Waals surface area contributed by atoms with E-state index in [-0.39, 0.29) is 23.9 Å². The summed E-state index contributed by atoms with van der Waals surface area (Å²) in [6.45, 7) is 20.9. The van der Waals surface area contributed by atoms with E-state index in [1.165, 1.54) is 0 Å². The van der Waals surface area contributed by atoms with Gasteiger partial charge in [0.25, 0.3) is 12.9 Å². The van der Waals surface area contributed by atoms with Crippen LogP contribution in [0.25, 0.3) is 10.6 Å². The largest absolute Gasteiger partial charge is 0.658 e. The van der Waals surface area contributed by atoms with Crippen molar-refractivity contribution in [3.63, 3.8) is 0 Å². The van der Waals surface area contributed by atoms with E-state index in [0.29, 0.717) is 19.5 Å². The maximum atomic E-state index is 9.60. The Kier molecular flexibility index (Phi) is 26.1. The van der Waals surface area contributed by atoms with Crippen molar-refractivity contribution in [3.8, 4) is 0 Å². The number of ether oxygens (including phenoxy) is 2. The first-order chi connectivity index (χ1) is 12.2. The normalized spacial score (nSPS) is 12.4. The number of carbonyl (C=O) groups excluding carboxylic acids is 2. The molecule has 0 aliphatic rings. The third kappa shape index (κ3) is 58.9. The standard InChI is InChI=1S/C5H12NO.2C5H10O2.C4H10NO/c1-3-6-5(2)4-7;2*1-5(2,3)7-4-6;1-3-5-4(2)6/h5,7H,3-4H2,1-2H3;2*4H,1-3H3;4,6H,3H2,1-2H3/q-1;;;-1. The van der Waals surface area contributed by atoms with Gasteiger partial charge in [-0.05, 0) is 47.8 Å². The Labute approximate surface area is 166 Å². The van der Waals surface area contributed by atoms with E-state index in [9.17, 15) is 9.59 Å². The highest BCUT2D eigenvalue weighted by atomic mass is 16.5. The van der Waals surface area contributed by atoms with Gasteiger partial charge in [0.05, 0.1) is 0 Å². The van der Waals surface area contributed by atoms with Gasteiger partial charge in [-0.3, -0.25) is 9.59 Å². The van der Waals surface area contributed by atoms with Gasteiger partial charge in [0.1, 0.15) is 11.2 Å². The van der Waals surface area contributed by atoms with Crippen LogP contribution in [0.1, 0.15) is 69.2 Å². The molecular weight excluding hydrogens is 352 g/mol. The summed E-state index contributed by atoms with van der Waals surface area (Å²) in [7, 11) is 0. The minimum Gasteiger partial charge on any atom is -0.658 e. The second-order valence-electron chi connectivity index (χ2n) is 7.31. The van der Waals surface area contributed by atoms with Gasteiger partial charge in [-0.1, -0.05) is 27.7 Å². The minimum atomic E-state index is -0.477. The summed E-state index contributed by atoms with van der Waals surface area (Å²) in [5.74, 6) is 0. The second kappa shape index (κ2) is 21.1. The molecule has 0 radical (unpaired) electrons. The molecule has 0 aromatic rings. The Morgan fingerprint density at radius 1 is 0.852 bits per heavy atom. The van der Waals surface area contributed by atoms with Crippen molar-refractivity contribution in [1.82, 2.24) is 0 Å². The van der Waals surface area contributed by atoms with Crippen molar-refractivity contribution in [3.05, 3.63) is 10.6 Å². The number of hydrogen-bond donors (Lipinski definition) is 2. The van der Waals surface area contributed by atoms with Crippen LogP contribution in [-0.4, -0.2) is 66.3 Å². The average molecular weight is 395 g/mol. The van der Waals surface area contributed by atoms with Crippen LogP contribution in [0, 0.1) is 0 Å². The molecule has 0 amide bonds. The topological polar surface area (TPSA) is 121 Å². The van der Waals surface area contributed by atoms with E-state index in [2.05, 4.69) is 20.1 Å². The minimum absolute atomic E-state index is 0.130. The van der Waals surface area contributed by atoms with Gasteiger partial charge in [-0.2, -0.15) is 13.1 Å². The molecule has 0 heterocycles. The van der Waals surface area contributed by atoms with Crippen molar-refractivity contribution in [2.75, 3.05) is 19.7 Å². The smallest absolute Gasteiger partial charge is 0.293 e. The van der Waals surface area contributed by atoms with Gasteiger partial charge in [-0.25, -0.2) is 0 Å². The molecule has 8 nitrogen and oxygen atoms in total. The molecule has 166 valence electrons. The van der Waals surface area contributed by atoms with Gasteiger partial charge < -0.3 is 30.3 Å². The summed E-state index contributed by atoms with van der Waals surface area (Å²) in [5, 5.41) is 24.4. The summed E-state index contributed by atoms with van der Waals surface area (Å²) in [4.78, 5) is 19.2. The van der Waals surface area contributed by atoms with Crippen molar-refractivity contribution in [2.24, 2.45) is 0 Å². The lowest BCUT2D eigenvalue weighted by Crippen LogP contribution is -2.17. The van der Waals surface area contributed by atoms with Crippen LogP contribution in [0.5, 0.6) is 0 Å². The molecule has 2 N–H and O–H groups in total. The Bertz CT molecular complexity index is 292. The zero-order valence-electron chi connectivity index (χ0n) is 18.9. The van der Waals surface area contributed by atoms with Gasteiger partial charge in [0.15, 0.2) is 0 Å². The number of nitrogens with zero attached hydrogens (tertiary/aromatic N) is 2. The van der Waals surface area contributed by atoms with Gasteiger partial charge in [0, 0.05) is 6.61 Å². The molecule has 0 saturated heterocycles. The fourth-order valence-electron chi connectivity index (χ4n) is 0.922. The van der Waals surface area contributed by atoms with E-state index in [0.717, 1.165) is 6.54 Å². The molecular formula is C19H42N2O6-2. The molecule has 8 heteroatoms. The highest BCUT2D eigenvalue weighted by Crippen LogP contribution is 2.03. The predicted molar refractivity (Wildman–Crippen MR) is 110 cm³/mol. The fourth-order valence-corrected chi connectivity index (χ4v) is 0.922. The maximum Gasteiger partial charge on any atom is 0.293 e.